The SMILES string of the molecule is CC(C)c1cccc(F)c1CNC1CC1. The zero-order valence-corrected chi connectivity index (χ0v) is 9.39. The fourth-order valence-electron chi connectivity index (χ4n) is 1.84. The van der Waals surface area contributed by atoms with Crippen LogP contribution in [0.2, 0.25) is 0 Å². The average Bonchev–Trinajstić information content (AvgIpc) is 2.99. The van der Waals surface area contributed by atoms with Crippen LogP contribution < -0.4 is 5.32 Å². The molecule has 0 saturated heterocycles. The largest absolute Gasteiger partial charge is 0.310 e. The van der Waals surface area contributed by atoms with Crippen LogP contribution in [-0.4, -0.2) is 6.04 Å². The third-order valence-electron chi connectivity index (χ3n) is 2.92. The maximum Gasteiger partial charge on any atom is 0.127 e. The van der Waals surface area contributed by atoms with Gasteiger partial charge in [0, 0.05) is 18.2 Å². The van der Waals surface area contributed by atoms with Crippen LogP contribution in [0.1, 0.15) is 43.7 Å². The normalized spacial score (nSPS) is 16.0. The molecule has 2 heteroatoms. The molecule has 0 radical (unpaired) electrons. The van der Waals surface area contributed by atoms with Gasteiger partial charge in [-0.3, -0.25) is 0 Å². The Bertz CT molecular complexity index is 342. The van der Waals surface area contributed by atoms with E-state index in [2.05, 4.69) is 19.2 Å². The minimum absolute atomic E-state index is 0.0747. The lowest BCUT2D eigenvalue weighted by Crippen LogP contribution is -2.18. The molecular formula is C13H18FN. The van der Waals surface area contributed by atoms with Crippen LogP contribution in [0.15, 0.2) is 18.2 Å². The van der Waals surface area contributed by atoms with Crippen LogP contribution in [0.3, 0.4) is 0 Å². The fourth-order valence-corrected chi connectivity index (χ4v) is 1.84. The van der Waals surface area contributed by atoms with E-state index in [0.29, 0.717) is 18.5 Å². The van der Waals surface area contributed by atoms with Crippen LogP contribution >= 0.6 is 0 Å². The Kier molecular flexibility index (Phi) is 3.06. The highest BCUT2D eigenvalue weighted by molar-refractivity contribution is 5.31. The fraction of sp³-hybridized carbons (Fsp3) is 0.538. The summed E-state index contributed by atoms with van der Waals surface area (Å²) in [5, 5.41) is 3.37. The van der Waals surface area contributed by atoms with Crippen LogP contribution in [-0.2, 0) is 6.54 Å². The second-order valence-corrected chi connectivity index (χ2v) is 4.62. The maximum absolute atomic E-state index is 13.6. The Morgan fingerprint density at radius 1 is 1.40 bits per heavy atom. The summed E-state index contributed by atoms with van der Waals surface area (Å²) in [6, 6.07) is 6.00. The molecule has 2 rings (SSSR count). The number of rotatable bonds is 4. The first kappa shape index (κ1) is 10.6. The maximum atomic E-state index is 13.6. The lowest BCUT2D eigenvalue weighted by molar-refractivity contribution is 0.578. The third-order valence-corrected chi connectivity index (χ3v) is 2.92. The quantitative estimate of drug-likeness (QED) is 0.799. The van der Waals surface area contributed by atoms with Gasteiger partial charge >= 0.3 is 0 Å². The Balaban J connectivity index is 2.16. The molecule has 0 bridgehead atoms. The summed E-state index contributed by atoms with van der Waals surface area (Å²) in [6.07, 6.45) is 2.48. The second-order valence-electron chi connectivity index (χ2n) is 4.62. The van der Waals surface area contributed by atoms with Crippen molar-refractivity contribution in [3.05, 3.63) is 35.1 Å². The van der Waals surface area contributed by atoms with Crippen molar-refractivity contribution in [2.75, 3.05) is 0 Å². The highest BCUT2D eigenvalue weighted by Crippen LogP contribution is 2.24. The van der Waals surface area contributed by atoms with Crippen molar-refractivity contribution in [1.82, 2.24) is 5.32 Å². The lowest BCUT2D eigenvalue weighted by Gasteiger charge is -2.14. The molecule has 82 valence electrons. The van der Waals surface area contributed by atoms with E-state index in [0.717, 1.165) is 11.1 Å². The van der Waals surface area contributed by atoms with Gasteiger partial charge in [-0.05, 0) is 30.4 Å². The Morgan fingerprint density at radius 2 is 2.13 bits per heavy atom. The molecule has 15 heavy (non-hydrogen) atoms. The molecule has 1 aliphatic rings. The predicted molar refractivity (Wildman–Crippen MR) is 60.4 cm³/mol. The van der Waals surface area contributed by atoms with E-state index >= 15 is 0 Å². The highest BCUT2D eigenvalue weighted by atomic mass is 19.1. The van der Waals surface area contributed by atoms with Crippen molar-refractivity contribution in [2.45, 2.75) is 45.2 Å². The standard InChI is InChI=1S/C13H18FN/c1-9(2)11-4-3-5-13(14)12(11)8-15-10-6-7-10/h3-5,9-10,15H,6-8H2,1-2H3. The second kappa shape index (κ2) is 4.31. The van der Waals surface area contributed by atoms with E-state index in [1.54, 1.807) is 12.1 Å². The van der Waals surface area contributed by atoms with Crippen LogP contribution in [0.5, 0.6) is 0 Å². The van der Waals surface area contributed by atoms with Crippen molar-refractivity contribution < 1.29 is 4.39 Å². The Morgan fingerprint density at radius 3 is 2.73 bits per heavy atom. The molecule has 0 aliphatic heterocycles. The van der Waals surface area contributed by atoms with Gasteiger partial charge in [-0.25, -0.2) is 4.39 Å². The summed E-state index contributed by atoms with van der Waals surface area (Å²) < 4.78 is 13.6. The van der Waals surface area contributed by atoms with Crippen molar-refractivity contribution in [3.8, 4) is 0 Å². The van der Waals surface area contributed by atoms with Gasteiger partial charge in [-0.15, -0.1) is 0 Å². The van der Waals surface area contributed by atoms with Crippen LogP contribution in [0, 0.1) is 5.82 Å². The van der Waals surface area contributed by atoms with Gasteiger partial charge in [-0.2, -0.15) is 0 Å². The molecule has 0 atom stereocenters. The smallest absolute Gasteiger partial charge is 0.127 e. The van der Waals surface area contributed by atoms with Crippen LogP contribution in [0.4, 0.5) is 4.39 Å². The summed E-state index contributed by atoms with van der Waals surface area (Å²) in [7, 11) is 0. The summed E-state index contributed by atoms with van der Waals surface area (Å²) in [4.78, 5) is 0. The molecule has 1 fully saturated rings. The number of hydrogen-bond donors (Lipinski definition) is 1. The number of nitrogens with one attached hydrogen (secondary N) is 1. The van der Waals surface area contributed by atoms with Crippen molar-refractivity contribution in [3.63, 3.8) is 0 Å². The van der Waals surface area contributed by atoms with Gasteiger partial charge in [0.1, 0.15) is 5.82 Å². The van der Waals surface area contributed by atoms with Crippen LogP contribution in [0.25, 0.3) is 0 Å². The molecule has 0 aromatic heterocycles. The van der Waals surface area contributed by atoms with E-state index in [4.69, 9.17) is 0 Å². The average molecular weight is 207 g/mol. The van der Waals surface area contributed by atoms with Gasteiger partial charge in [0.15, 0.2) is 0 Å². The third kappa shape index (κ3) is 2.57. The Hall–Kier alpha value is -0.890. The zero-order chi connectivity index (χ0) is 10.8. The molecule has 1 saturated carbocycles. The molecule has 1 aliphatic carbocycles. The minimum Gasteiger partial charge on any atom is -0.310 e. The van der Waals surface area contributed by atoms with Crippen molar-refractivity contribution in [1.29, 1.82) is 0 Å². The molecule has 1 nitrogen and oxygen atoms in total. The summed E-state index contributed by atoms with van der Waals surface area (Å²) in [5.74, 6) is 0.311. The molecule has 0 heterocycles. The van der Waals surface area contributed by atoms with E-state index in [1.165, 1.54) is 12.8 Å². The molecule has 0 spiro atoms. The first-order chi connectivity index (χ1) is 7.18. The van der Waals surface area contributed by atoms with Crippen molar-refractivity contribution in [2.24, 2.45) is 0 Å². The van der Waals surface area contributed by atoms with Gasteiger partial charge in [0.05, 0.1) is 0 Å². The van der Waals surface area contributed by atoms with Gasteiger partial charge in [-0.1, -0.05) is 26.0 Å². The van der Waals surface area contributed by atoms with Gasteiger partial charge < -0.3 is 5.32 Å². The van der Waals surface area contributed by atoms with Gasteiger partial charge in [0.25, 0.3) is 0 Å². The molecule has 0 amide bonds. The first-order valence-corrected chi connectivity index (χ1v) is 5.69. The Labute approximate surface area is 90.7 Å². The molecule has 1 N–H and O–H groups in total. The van der Waals surface area contributed by atoms with E-state index in [-0.39, 0.29) is 5.82 Å². The summed E-state index contributed by atoms with van der Waals surface area (Å²) >= 11 is 0. The number of halogens is 1. The number of benzene rings is 1. The predicted octanol–water partition coefficient (Wildman–Crippen LogP) is 3.20. The lowest BCUT2D eigenvalue weighted by atomic mass is 9.97. The zero-order valence-electron chi connectivity index (χ0n) is 9.39. The van der Waals surface area contributed by atoms with Gasteiger partial charge in [0.2, 0.25) is 0 Å². The minimum atomic E-state index is -0.0747. The monoisotopic (exact) mass is 207 g/mol. The molecule has 1 aromatic carbocycles. The number of hydrogen-bond acceptors (Lipinski definition) is 1. The molecule has 0 unspecified atom stereocenters. The highest BCUT2D eigenvalue weighted by Gasteiger charge is 2.21. The molecule has 1 aromatic rings. The summed E-state index contributed by atoms with van der Waals surface area (Å²) in [6.45, 7) is 4.88. The first-order valence-electron chi connectivity index (χ1n) is 5.69. The topological polar surface area (TPSA) is 12.0 Å². The van der Waals surface area contributed by atoms with E-state index in [9.17, 15) is 4.39 Å². The molecular weight excluding hydrogens is 189 g/mol. The van der Waals surface area contributed by atoms with Crippen molar-refractivity contribution >= 4 is 0 Å². The van der Waals surface area contributed by atoms with E-state index < -0.39 is 0 Å². The van der Waals surface area contributed by atoms with E-state index in [1.807, 2.05) is 6.07 Å². The summed E-state index contributed by atoms with van der Waals surface area (Å²) in [5.41, 5.74) is 1.97.